The summed E-state index contributed by atoms with van der Waals surface area (Å²) in [7, 11) is 1.94. The monoisotopic (exact) mass is 525 g/mol. The number of aryl methyl sites for hydroxylation is 1. The predicted octanol–water partition coefficient (Wildman–Crippen LogP) is 4.97. The van der Waals surface area contributed by atoms with Gasteiger partial charge in [-0.2, -0.15) is 18.3 Å². The molecule has 8 nitrogen and oxygen atoms in total. The van der Waals surface area contributed by atoms with Crippen LogP contribution in [0.15, 0.2) is 36.7 Å². The van der Waals surface area contributed by atoms with Crippen molar-refractivity contribution in [3.63, 3.8) is 0 Å². The maximum absolute atomic E-state index is 13.9. The molecule has 0 unspecified atom stereocenters. The van der Waals surface area contributed by atoms with E-state index in [1.54, 1.807) is 6.33 Å². The summed E-state index contributed by atoms with van der Waals surface area (Å²) in [5, 5.41) is 19.7. The number of alkyl halides is 3. The second kappa shape index (κ2) is 10.1. The van der Waals surface area contributed by atoms with E-state index in [4.69, 9.17) is 4.74 Å². The van der Waals surface area contributed by atoms with Crippen molar-refractivity contribution in [3.8, 4) is 11.3 Å². The molecular weight excluding hydrogens is 495 g/mol. The predicted molar refractivity (Wildman–Crippen MR) is 135 cm³/mol. The number of pyridine rings is 1. The van der Waals surface area contributed by atoms with Crippen molar-refractivity contribution in [1.82, 2.24) is 35.3 Å². The zero-order chi connectivity index (χ0) is 26.3. The van der Waals surface area contributed by atoms with Gasteiger partial charge in [0.05, 0.1) is 11.2 Å². The van der Waals surface area contributed by atoms with E-state index in [-0.39, 0.29) is 18.5 Å². The molecule has 1 saturated carbocycles. The fourth-order valence-electron chi connectivity index (χ4n) is 5.58. The highest BCUT2D eigenvalue weighted by Gasteiger charge is 2.35. The Kier molecular flexibility index (Phi) is 6.65. The lowest BCUT2D eigenvalue weighted by Gasteiger charge is -2.33. The zero-order valence-corrected chi connectivity index (χ0v) is 21.1. The van der Waals surface area contributed by atoms with E-state index in [0.29, 0.717) is 41.4 Å². The number of benzene rings is 1. The van der Waals surface area contributed by atoms with Crippen molar-refractivity contribution in [2.75, 3.05) is 13.2 Å². The molecule has 4 aromatic rings. The molecule has 11 heteroatoms. The lowest BCUT2D eigenvalue weighted by molar-refractivity contribution is -0.141. The van der Waals surface area contributed by atoms with Crippen LogP contribution in [0.1, 0.15) is 60.8 Å². The van der Waals surface area contributed by atoms with Crippen LogP contribution in [0.3, 0.4) is 0 Å². The minimum absolute atomic E-state index is 0.0630. The zero-order valence-electron chi connectivity index (χ0n) is 21.1. The summed E-state index contributed by atoms with van der Waals surface area (Å²) >= 11 is 0. The number of nitrogens with one attached hydrogen (secondary N) is 2. The summed E-state index contributed by atoms with van der Waals surface area (Å²) in [5.41, 5.74) is 2.20. The lowest BCUT2D eigenvalue weighted by atomic mass is 9.72. The quantitative estimate of drug-likeness (QED) is 0.354. The molecule has 3 aromatic heterocycles. The number of fused-ring (bicyclic) bond motifs is 1. The highest BCUT2D eigenvalue weighted by molar-refractivity contribution is 5.94. The first-order valence-corrected chi connectivity index (χ1v) is 13.1. The summed E-state index contributed by atoms with van der Waals surface area (Å²) < 4.78 is 49.0. The van der Waals surface area contributed by atoms with Crippen LogP contribution in [0.4, 0.5) is 13.2 Å². The molecule has 0 radical (unpaired) electrons. The summed E-state index contributed by atoms with van der Waals surface area (Å²) in [6, 6.07) is 9.19. The largest absolute Gasteiger partial charge is 0.433 e. The first-order chi connectivity index (χ1) is 18.4. The van der Waals surface area contributed by atoms with Gasteiger partial charge in [-0.25, -0.2) is 4.98 Å². The fourth-order valence-corrected chi connectivity index (χ4v) is 5.58. The molecule has 38 heavy (non-hydrogen) atoms. The first kappa shape index (κ1) is 25.0. The van der Waals surface area contributed by atoms with Crippen molar-refractivity contribution in [3.05, 3.63) is 59.4 Å². The van der Waals surface area contributed by atoms with E-state index in [9.17, 15) is 13.2 Å². The van der Waals surface area contributed by atoms with Crippen LogP contribution in [0, 0.1) is 5.92 Å². The topological polar surface area (TPSA) is 93.5 Å². The second-order valence-corrected chi connectivity index (χ2v) is 10.3. The van der Waals surface area contributed by atoms with Crippen molar-refractivity contribution >= 4 is 10.9 Å². The molecule has 1 aliphatic carbocycles. The van der Waals surface area contributed by atoms with E-state index in [1.807, 2.05) is 29.8 Å². The number of hydrogen-bond donors (Lipinski definition) is 2. The Hall–Kier alpha value is -3.31. The van der Waals surface area contributed by atoms with Crippen molar-refractivity contribution in [2.24, 2.45) is 13.0 Å². The molecule has 1 saturated heterocycles. The van der Waals surface area contributed by atoms with Gasteiger partial charge in [0.2, 0.25) is 0 Å². The number of halogens is 3. The minimum Gasteiger partial charge on any atom is -0.381 e. The number of H-pyrrole nitrogens is 1. The molecule has 1 atom stereocenters. The minimum atomic E-state index is -4.57. The molecule has 4 heterocycles. The van der Waals surface area contributed by atoms with Gasteiger partial charge in [0.15, 0.2) is 0 Å². The molecule has 0 amide bonds. The smallest absolute Gasteiger partial charge is 0.381 e. The lowest BCUT2D eigenvalue weighted by Crippen LogP contribution is -2.34. The molecule has 6 rings (SSSR count). The fraction of sp³-hybridized carbons (Fsp3) is 0.481. The molecule has 1 aromatic carbocycles. The maximum atomic E-state index is 13.9. The number of aromatic nitrogens is 6. The Morgan fingerprint density at radius 3 is 2.66 bits per heavy atom. The Morgan fingerprint density at radius 2 is 1.97 bits per heavy atom. The third kappa shape index (κ3) is 4.80. The maximum Gasteiger partial charge on any atom is 0.433 e. The van der Waals surface area contributed by atoms with Crippen LogP contribution >= 0.6 is 0 Å². The van der Waals surface area contributed by atoms with Crippen LogP contribution in [0.2, 0.25) is 0 Å². The van der Waals surface area contributed by atoms with E-state index < -0.39 is 11.9 Å². The molecule has 0 spiro atoms. The third-order valence-corrected chi connectivity index (χ3v) is 7.86. The Bertz CT molecular complexity index is 1420. The standard InChI is InChI=1S/C27H30F3N7O/c1-37-15-32-36-26(37)23(16-4-2-5-16)17-6-3-7-18(12-17)24-20-13-22(27(28,29)30)33-21(25(20)35-34-24)14-31-19-8-10-38-11-9-19/h3,6-7,12-13,15-16,19,23,31H,2,4-5,8-11,14H2,1H3,(H,34,35)/t23-/m1/s1. The second-order valence-electron chi connectivity index (χ2n) is 10.3. The Morgan fingerprint density at radius 1 is 1.16 bits per heavy atom. The summed E-state index contributed by atoms with van der Waals surface area (Å²) in [6.45, 7) is 1.50. The van der Waals surface area contributed by atoms with Crippen LogP contribution in [0.25, 0.3) is 22.2 Å². The molecule has 2 N–H and O–H groups in total. The van der Waals surface area contributed by atoms with Gasteiger partial charge in [-0.3, -0.25) is 5.10 Å². The third-order valence-electron chi connectivity index (χ3n) is 7.86. The van der Waals surface area contributed by atoms with Gasteiger partial charge in [0.25, 0.3) is 0 Å². The highest BCUT2D eigenvalue weighted by Crippen LogP contribution is 2.43. The number of rotatable bonds is 7. The van der Waals surface area contributed by atoms with Gasteiger partial charge in [0, 0.05) is 49.7 Å². The molecule has 2 aliphatic rings. The molecule has 2 fully saturated rings. The van der Waals surface area contributed by atoms with Crippen LogP contribution in [-0.4, -0.2) is 49.2 Å². The van der Waals surface area contributed by atoms with Crippen molar-refractivity contribution < 1.29 is 17.9 Å². The molecule has 1 aliphatic heterocycles. The average Bonchev–Trinajstić information content (AvgIpc) is 3.51. The van der Waals surface area contributed by atoms with Crippen LogP contribution in [0.5, 0.6) is 0 Å². The van der Waals surface area contributed by atoms with Crippen molar-refractivity contribution in [1.29, 1.82) is 0 Å². The van der Waals surface area contributed by atoms with Crippen LogP contribution < -0.4 is 5.32 Å². The normalized spacial score (nSPS) is 18.1. The Balaban J connectivity index is 1.39. The molecule has 0 bridgehead atoms. The number of ether oxygens (including phenoxy) is 1. The Labute approximate surface area is 218 Å². The average molecular weight is 526 g/mol. The van der Waals surface area contributed by atoms with Gasteiger partial charge in [-0.05, 0) is 49.3 Å². The summed E-state index contributed by atoms with van der Waals surface area (Å²) in [4.78, 5) is 3.99. The summed E-state index contributed by atoms with van der Waals surface area (Å²) in [6.07, 6.45) is 2.16. The number of nitrogens with zero attached hydrogens (tertiary/aromatic N) is 5. The van der Waals surface area contributed by atoms with Crippen LogP contribution in [-0.2, 0) is 24.5 Å². The van der Waals surface area contributed by atoms with E-state index in [2.05, 4.69) is 36.8 Å². The van der Waals surface area contributed by atoms with Gasteiger partial charge in [0.1, 0.15) is 23.5 Å². The van der Waals surface area contributed by atoms with Crippen molar-refractivity contribution in [2.45, 2.75) is 56.8 Å². The molecule has 200 valence electrons. The van der Waals surface area contributed by atoms with E-state index in [0.717, 1.165) is 48.7 Å². The van der Waals surface area contributed by atoms with Gasteiger partial charge in [-0.15, -0.1) is 10.2 Å². The molecular formula is C27H30F3N7O. The number of aromatic amines is 1. The first-order valence-electron chi connectivity index (χ1n) is 13.1. The van der Waals surface area contributed by atoms with E-state index >= 15 is 0 Å². The van der Waals surface area contributed by atoms with Gasteiger partial charge in [-0.1, -0.05) is 24.6 Å². The summed E-state index contributed by atoms with van der Waals surface area (Å²) in [5.74, 6) is 1.41. The SMILES string of the molecule is Cn1cnnc1[C@@H](c1cccc(-c2n[nH]c3c(CNC4CCOCC4)nc(C(F)(F)F)cc23)c1)C1CCC1. The van der Waals surface area contributed by atoms with Gasteiger partial charge >= 0.3 is 6.18 Å². The van der Waals surface area contributed by atoms with Gasteiger partial charge < -0.3 is 14.6 Å². The number of hydrogen-bond acceptors (Lipinski definition) is 6. The highest BCUT2D eigenvalue weighted by atomic mass is 19.4. The van der Waals surface area contributed by atoms with E-state index in [1.165, 1.54) is 6.42 Å².